The lowest BCUT2D eigenvalue weighted by molar-refractivity contribution is -0.141. The zero-order valence-electron chi connectivity index (χ0n) is 9.83. The summed E-state index contributed by atoms with van der Waals surface area (Å²) in [6.07, 6.45) is 1.75. The summed E-state index contributed by atoms with van der Waals surface area (Å²) in [7, 11) is 0. The molecular weight excluding hydrogens is 234 g/mol. The molecule has 0 fully saturated rings. The lowest BCUT2D eigenvalue weighted by Crippen LogP contribution is -2.40. The predicted molar refractivity (Wildman–Crippen MR) is 65.0 cm³/mol. The van der Waals surface area contributed by atoms with Crippen molar-refractivity contribution in [2.75, 3.05) is 0 Å². The van der Waals surface area contributed by atoms with Crippen LogP contribution in [-0.2, 0) is 16.1 Å². The van der Waals surface area contributed by atoms with E-state index in [9.17, 15) is 9.59 Å². The summed E-state index contributed by atoms with van der Waals surface area (Å²) in [4.78, 5) is 22.2. The van der Waals surface area contributed by atoms with Gasteiger partial charge in [0.25, 0.3) is 0 Å². The minimum atomic E-state index is -1.06. The Balaban J connectivity index is 2.05. The van der Waals surface area contributed by atoms with Gasteiger partial charge >= 0.3 is 5.97 Å². The zero-order valence-corrected chi connectivity index (χ0v) is 9.83. The first-order valence-electron chi connectivity index (χ1n) is 5.50. The molecule has 0 bridgehead atoms. The van der Waals surface area contributed by atoms with Crippen molar-refractivity contribution < 1.29 is 14.7 Å². The number of carbonyl (C=O) groups excluding carboxylic acids is 1. The number of aromatic nitrogens is 2. The van der Waals surface area contributed by atoms with Crippen molar-refractivity contribution in [1.82, 2.24) is 15.1 Å². The van der Waals surface area contributed by atoms with Crippen LogP contribution >= 0.6 is 0 Å². The van der Waals surface area contributed by atoms with Crippen LogP contribution in [0.1, 0.15) is 6.92 Å². The molecule has 1 aromatic carbocycles. The average Bonchev–Trinajstić information content (AvgIpc) is 2.70. The minimum absolute atomic E-state index is 0.00625. The Morgan fingerprint density at radius 2 is 2.17 bits per heavy atom. The van der Waals surface area contributed by atoms with Crippen molar-refractivity contribution in [3.63, 3.8) is 0 Å². The Morgan fingerprint density at radius 3 is 2.83 bits per heavy atom. The normalized spacial score (nSPS) is 12.3. The second kappa shape index (κ2) is 4.87. The number of hydrogen-bond acceptors (Lipinski definition) is 3. The summed E-state index contributed by atoms with van der Waals surface area (Å²) in [6.45, 7) is 1.42. The van der Waals surface area contributed by atoms with Crippen LogP contribution in [0.3, 0.4) is 0 Å². The Kier molecular flexibility index (Phi) is 3.27. The van der Waals surface area contributed by atoms with Gasteiger partial charge in [0.1, 0.15) is 12.6 Å². The van der Waals surface area contributed by atoms with Gasteiger partial charge in [-0.3, -0.25) is 14.3 Å². The summed E-state index contributed by atoms with van der Waals surface area (Å²) >= 11 is 0. The number of nitrogens with zero attached hydrogens (tertiary/aromatic N) is 2. The predicted octanol–water partition coefficient (Wildman–Crippen LogP) is 0.626. The van der Waals surface area contributed by atoms with E-state index >= 15 is 0 Å². The van der Waals surface area contributed by atoms with Crippen LogP contribution in [0.2, 0.25) is 0 Å². The number of nitrogens with one attached hydrogen (secondary N) is 1. The highest BCUT2D eigenvalue weighted by atomic mass is 16.4. The number of carbonyl (C=O) groups is 2. The van der Waals surface area contributed by atoms with E-state index < -0.39 is 12.0 Å². The number of hydrogen-bond donors (Lipinski definition) is 2. The van der Waals surface area contributed by atoms with Gasteiger partial charge in [0, 0.05) is 11.6 Å². The maximum absolute atomic E-state index is 11.6. The van der Waals surface area contributed by atoms with Crippen molar-refractivity contribution in [3.05, 3.63) is 30.5 Å². The molecule has 1 amide bonds. The van der Waals surface area contributed by atoms with E-state index in [-0.39, 0.29) is 12.5 Å². The van der Waals surface area contributed by atoms with Gasteiger partial charge in [-0.05, 0) is 13.0 Å². The van der Waals surface area contributed by atoms with E-state index in [0.717, 1.165) is 10.9 Å². The van der Waals surface area contributed by atoms with Crippen molar-refractivity contribution >= 4 is 22.8 Å². The van der Waals surface area contributed by atoms with Gasteiger partial charge in [0.15, 0.2) is 0 Å². The van der Waals surface area contributed by atoms with Crippen molar-refractivity contribution in [1.29, 1.82) is 0 Å². The monoisotopic (exact) mass is 247 g/mol. The van der Waals surface area contributed by atoms with Crippen LogP contribution in [0, 0.1) is 0 Å². The van der Waals surface area contributed by atoms with Crippen LogP contribution in [0.5, 0.6) is 0 Å². The molecule has 2 aromatic rings. The van der Waals surface area contributed by atoms with Gasteiger partial charge in [-0.15, -0.1) is 0 Å². The molecule has 18 heavy (non-hydrogen) atoms. The fourth-order valence-electron chi connectivity index (χ4n) is 1.59. The molecule has 0 aliphatic carbocycles. The van der Waals surface area contributed by atoms with E-state index in [0.29, 0.717) is 0 Å². The van der Waals surface area contributed by atoms with Gasteiger partial charge in [-0.2, -0.15) is 5.10 Å². The molecule has 1 heterocycles. The van der Waals surface area contributed by atoms with Gasteiger partial charge in [0.2, 0.25) is 5.91 Å². The number of carboxylic acids is 1. The van der Waals surface area contributed by atoms with Crippen molar-refractivity contribution in [3.8, 4) is 0 Å². The zero-order chi connectivity index (χ0) is 13.1. The lowest BCUT2D eigenvalue weighted by atomic mass is 10.3. The van der Waals surface area contributed by atoms with Gasteiger partial charge in [-0.25, -0.2) is 0 Å². The standard InChI is InChI=1S/C12H13N3O3/c1-8(12(17)18)13-11(16)7-15-6-9-4-2-3-5-10(9)14-15/h2-6,8H,7H2,1H3,(H,13,16)(H,17,18)/t8-/m1/s1. The Labute approximate surface area is 103 Å². The first-order chi connectivity index (χ1) is 8.56. The Hall–Kier alpha value is -2.37. The molecule has 2 rings (SSSR count). The number of benzene rings is 1. The van der Waals surface area contributed by atoms with Crippen LogP contribution in [-0.4, -0.2) is 32.8 Å². The van der Waals surface area contributed by atoms with Crippen LogP contribution < -0.4 is 5.32 Å². The molecule has 1 aromatic heterocycles. The summed E-state index contributed by atoms with van der Waals surface area (Å²) in [5.74, 6) is -1.44. The van der Waals surface area contributed by atoms with Crippen molar-refractivity contribution in [2.45, 2.75) is 19.5 Å². The first-order valence-corrected chi connectivity index (χ1v) is 5.50. The summed E-state index contributed by atoms with van der Waals surface area (Å²) in [5.41, 5.74) is 0.802. The number of carboxylic acid groups (broad SMARTS) is 1. The highest BCUT2D eigenvalue weighted by molar-refractivity contribution is 5.83. The fraction of sp³-hybridized carbons (Fsp3) is 0.250. The molecule has 1 atom stereocenters. The Bertz CT molecular complexity index is 558. The third-order valence-electron chi connectivity index (χ3n) is 2.51. The molecule has 0 aliphatic rings. The topological polar surface area (TPSA) is 84.2 Å². The highest BCUT2D eigenvalue weighted by Crippen LogP contribution is 2.10. The largest absolute Gasteiger partial charge is 0.480 e. The number of aliphatic carboxylic acids is 1. The summed E-state index contributed by atoms with van der Waals surface area (Å²) < 4.78 is 1.49. The second-order valence-corrected chi connectivity index (χ2v) is 4.01. The second-order valence-electron chi connectivity index (χ2n) is 4.01. The SMILES string of the molecule is C[C@@H](NC(=O)Cn1cc2ccccc2n1)C(=O)O. The van der Waals surface area contributed by atoms with E-state index in [4.69, 9.17) is 5.11 Å². The number of amides is 1. The molecular formula is C12H13N3O3. The number of rotatable bonds is 4. The summed E-state index contributed by atoms with van der Waals surface area (Å²) in [5, 5.41) is 16.2. The average molecular weight is 247 g/mol. The van der Waals surface area contributed by atoms with Gasteiger partial charge < -0.3 is 10.4 Å². The fourth-order valence-corrected chi connectivity index (χ4v) is 1.59. The van der Waals surface area contributed by atoms with Crippen LogP contribution in [0.25, 0.3) is 10.9 Å². The molecule has 0 aliphatic heterocycles. The summed E-state index contributed by atoms with van der Waals surface area (Å²) in [6, 6.07) is 6.61. The quantitative estimate of drug-likeness (QED) is 0.829. The lowest BCUT2D eigenvalue weighted by Gasteiger charge is -2.08. The molecule has 6 heteroatoms. The molecule has 0 unspecified atom stereocenters. The highest BCUT2D eigenvalue weighted by Gasteiger charge is 2.14. The van der Waals surface area contributed by atoms with Crippen LogP contribution in [0.15, 0.2) is 30.5 Å². The Morgan fingerprint density at radius 1 is 1.44 bits per heavy atom. The van der Waals surface area contributed by atoms with E-state index in [1.807, 2.05) is 24.3 Å². The van der Waals surface area contributed by atoms with E-state index in [2.05, 4.69) is 10.4 Å². The molecule has 0 radical (unpaired) electrons. The molecule has 0 saturated heterocycles. The number of fused-ring (bicyclic) bond motifs is 1. The van der Waals surface area contributed by atoms with Crippen LogP contribution in [0.4, 0.5) is 0 Å². The molecule has 0 saturated carbocycles. The maximum atomic E-state index is 11.6. The van der Waals surface area contributed by atoms with Crippen molar-refractivity contribution in [2.24, 2.45) is 0 Å². The minimum Gasteiger partial charge on any atom is -0.480 e. The first kappa shape index (κ1) is 12.1. The molecule has 0 spiro atoms. The maximum Gasteiger partial charge on any atom is 0.325 e. The molecule has 2 N–H and O–H groups in total. The van der Waals surface area contributed by atoms with E-state index in [1.54, 1.807) is 6.20 Å². The van der Waals surface area contributed by atoms with Gasteiger partial charge in [0.05, 0.1) is 5.52 Å². The smallest absolute Gasteiger partial charge is 0.325 e. The van der Waals surface area contributed by atoms with Gasteiger partial charge in [-0.1, -0.05) is 18.2 Å². The molecule has 94 valence electrons. The third-order valence-corrected chi connectivity index (χ3v) is 2.51. The van der Waals surface area contributed by atoms with E-state index in [1.165, 1.54) is 11.6 Å². The molecule has 6 nitrogen and oxygen atoms in total. The third kappa shape index (κ3) is 2.65.